The van der Waals surface area contributed by atoms with Crippen LogP contribution in [0.3, 0.4) is 0 Å². The number of morpholine rings is 1. The van der Waals surface area contributed by atoms with Crippen LogP contribution in [0.1, 0.15) is 5.56 Å². The summed E-state index contributed by atoms with van der Waals surface area (Å²) >= 11 is 6.02. The molecule has 1 aliphatic heterocycles. The van der Waals surface area contributed by atoms with Crippen molar-refractivity contribution < 1.29 is 14.2 Å². The smallest absolute Gasteiger partial charge is 0.255 e. The minimum atomic E-state index is -0.0713. The predicted molar refractivity (Wildman–Crippen MR) is 102 cm³/mol. The number of methoxy groups -OCH3 is 2. The van der Waals surface area contributed by atoms with E-state index in [4.69, 9.17) is 25.8 Å². The molecule has 1 aliphatic rings. The van der Waals surface area contributed by atoms with E-state index >= 15 is 0 Å². The number of benzene rings is 1. The third kappa shape index (κ3) is 3.87. The first-order valence-corrected chi connectivity index (χ1v) is 8.83. The zero-order chi connectivity index (χ0) is 18.7. The Balaban J connectivity index is 2.14. The van der Waals surface area contributed by atoms with Gasteiger partial charge in [-0.25, -0.2) is 0 Å². The van der Waals surface area contributed by atoms with Crippen molar-refractivity contribution in [3.63, 3.8) is 0 Å². The van der Waals surface area contributed by atoms with Crippen LogP contribution in [0.4, 0.5) is 0 Å². The number of rotatable bonds is 6. The Morgan fingerprint density at radius 3 is 2.46 bits per heavy atom. The van der Waals surface area contributed by atoms with Gasteiger partial charge >= 0.3 is 0 Å². The van der Waals surface area contributed by atoms with Gasteiger partial charge < -0.3 is 18.8 Å². The summed E-state index contributed by atoms with van der Waals surface area (Å²) in [4.78, 5) is 15.3. The average Bonchev–Trinajstić information content (AvgIpc) is 2.64. The van der Waals surface area contributed by atoms with E-state index in [1.807, 2.05) is 12.1 Å². The zero-order valence-electron chi connectivity index (χ0n) is 15.1. The summed E-state index contributed by atoms with van der Waals surface area (Å²) < 4.78 is 17.8. The lowest BCUT2D eigenvalue weighted by molar-refractivity contribution is 0.0340. The van der Waals surface area contributed by atoms with E-state index in [2.05, 4.69) is 11.5 Å². The Kier molecular flexibility index (Phi) is 5.86. The largest absolute Gasteiger partial charge is 0.493 e. The van der Waals surface area contributed by atoms with Crippen molar-refractivity contribution >= 4 is 22.5 Å². The first-order chi connectivity index (χ1) is 12.5. The van der Waals surface area contributed by atoms with Gasteiger partial charge in [0.2, 0.25) is 0 Å². The fourth-order valence-corrected chi connectivity index (χ4v) is 3.33. The highest BCUT2D eigenvalue weighted by atomic mass is 35.5. The number of halogens is 1. The molecule has 140 valence electrons. The van der Waals surface area contributed by atoms with E-state index in [0.717, 1.165) is 24.0 Å². The number of nitrogens with zero attached hydrogens (tertiary/aromatic N) is 2. The van der Waals surface area contributed by atoms with Crippen LogP contribution in [-0.4, -0.2) is 50.0 Å². The highest BCUT2D eigenvalue weighted by molar-refractivity contribution is 6.29. The van der Waals surface area contributed by atoms with Crippen LogP contribution in [0.5, 0.6) is 11.5 Å². The standard InChI is InChI=1S/C19H23ClN2O4/c1-13(20)11-22-16-10-18(25-3)17(24-2)9-14(16)8-15(19(22)23)12-21-4-6-26-7-5-21/h8-10H,1,4-7,11-12H2,2-3H3. The SMILES string of the molecule is C=C(Cl)Cn1c(=O)c(CN2CCOCC2)cc2cc(OC)c(OC)cc21. The maximum Gasteiger partial charge on any atom is 0.255 e. The van der Waals surface area contributed by atoms with E-state index in [-0.39, 0.29) is 12.1 Å². The van der Waals surface area contributed by atoms with Crippen LogP contribution in [0.15, 0.2) is 34.6 Å². The molecule has 0 saturated carbocycles. The van der Waals surface area contributed by atoms with E-state index in [1.165, 1.54) is 0 Å². The number of allylic oxidation sites excluding steroid dienone is 1. The zero-order valence-corrected chi connectivity index (χ0v) is 15.8. The normalized spacial score (nSPS) is 15.2. The molecular weight excluding hydrogens is 356 g/mol. The molecule has 26 heavy (non-hydrogen) atoms. The van der Waals surface area contributed by atoms with Gasteiger partial charge in [-0.3, -0.25) is 9.69 Å². The summed E-state index contributed by atoms with van der Waals surface area (Å²) in [5.74, 6) is 1.18. The van der Waals surface area contributed by atoms with Crippen LogP contribution in [0, 0.1) is 0 Å². The molecule has 1 fully saturated rings. The lowest BCUT2D eigenvalue weighted by Crippen LogP contribution is -2.38. The van der Waals surface area contributed by atoms with Gasteiger partial charge in [0, 0.05) is 41.7 Å². The average molecular weight is 379 g/mol. The second-order valence-electron chi connectivity index (χ2n) is 6.23. The molecule has 0 unspecified atom stereocenters. The summed E-state index contributed by atoms with van der Waals surface area (Å²) in [6, 6.07) is 5.60. The van der Waals surface area contributed by atoms with Crippen molar-refractivity contribution in [2.24, 2.45) is 0 Å². The van der Waals surface area contributed by atoms with Gasteiger partial charge in [0.15, 0.2) is 11.5 Å². The molecule has 0 N–H and O–H groups in total. The number of aromatic nitrogens is 1. The molecular formula is C19H23ClN2O4. The van der Waals surface area contributed by atoms with Crippen molar-refractivity contribution in [3.8, 4) is 11.5 Å². The van der Waals surface area contributed by atoms with Crippen molar-refractivity contribution in [1.82, 2.24) is 9.47 Å². The van der Waals surface area contributed by atoms with Gasteiger partial charge in [-0.05, 0) is 12.1 Å². The maximum absolute atomic E-state index is 13.1. The minimum Gasteiger partial charge on any atom is -0.493 e. The molecule has 2 aromatic rings. The predicted octanol–water partition coefficient (Wildman–Crippen LogP) is 2.60. The molecule has 0 bridgehead atoms. The molecule has 3 rings (SSSR count). The quantitative estimate of drug-likeness (QED) is 0.773. The van der Waals surface area contributed by atoms with Gasteiger partial charge in [0.1, 0.15) is 0 Å². The summed E-state index contributed by atoms with van der Waals surface area (Å²) in [6.07, 6.45) is 0. The monoisotopic (exact) mass is 378 g/mol. The lowest BCUT2D eigenvalue weighted by Gasteiger charge is -2.26. The maximum atomic E-state index is 13.1. The van der Waals surface area contributed by atoms with Crippen LogP contribution in [-0.2, 0) is 17.8 Å². The van der Waals surface area contributed by atoms with Gasteiger partial charge in [0.05, 0.1) is 39.5 Å². The summed E-state index contributed by atoms with van der Waals surface area (Å²) in [5, 5.41) is 1.29. The van der Waals surface area contributed by atoms with Crippen molar-refractivity contribution in [2.45, 2.75) is 13.1 Å². The van der Waals surface area contributed by atoms with Crippen LogP contribution in [0.25, 0.3) is 10.9 Å². The third-order valence-electron chi connectivity index (χ3n) is 4.50. The number of ether oxygens (including phenoxy) is 3. The molecule has 2 heterocycles. The molecule has 6 nitrogen and oxygen atoms in total. The van der Waals surface area contributed by atoms with Crippen molar-refractivity contribution in [1.29, 1.82) is 0 Å². The topological polar surface area (TPSA) is 52.9 Å². The first-order valence-electron chi connectivity index (χ1n) is 8.45. The molecule has 1 saturated heterocycles. The molecule has 1 aromatic carbocycles. The summed E-state index contributed by atoms with van der Waals surface area (Å²) in [7, 11) is 3.16. The fourth-order valence-electron chi connectivity index (χ4n) is 3.21. The second-order valence-corrected chi connectivity index (χ2v) is 6.77. The highest BCUT2D eigenvalue weighted by Gasteiger charge is 2.17. The lowest BCUT2D eigenvalue weighted by atomic mass is 10.1. The highest BCUT2D eigenvalue weighted by Crippen LogP contribution is 2.32. The van der Waals surface area contributed by atoms with Crippen LogP contribution < -0.4 is 15.0 Å². The van der Waals surface area contributed by atoms with E-state index in [0.29, 0.717) is 41.9 Å². The number of hydrogen-bond donors (Lipinski definition) is 0. The molecule has 0 spiro atoms. The second kappa shape index (κ2) is 8.12. The molecule has 0 radical (unpaired) electrons. The Morgan fingerprint density at radius 1 is 1.19 bits per heavy atom. The van der Waals surface area contributed by atoms with E-state index < -0.39 is 0 Å². The summed E-state index contributed by atoms with van der Waals surface area (Å²) in [5.41, 5.74) is 1.38. The molecule has 0 amide bonds. The van der Waals surface area contributed by atoms with Crippen LogP contribution >= 0.6 is 11.6 Å². The summed E-state index contributed by atoms with van der Waals surface area (Å²) in [6.45, 7) is 7.55. The van der Waals surface area contributed by atoms with E-state index in [1.54, 1.807) is 24.9 Å². The Morgan fingerprint density at radius 2 is 1.85 bits per heavy atom. The number of hydrogen-bond acceptors (Lipinski definition) is 5. The van der Waals surface area contributed by atoms with Gasteiger partial charge in [0.25, 0.3) is 5.56 Å². The van der Waals surface area contributed by atoms with Crippen LogP contribution in [0.2, 0.25) is 0 Å². The van der Waals surface area contributed by atoms with E-state index in [9.17, 15) is 4.79 Å². The molecule has 0 atom stereocenters. The Labute approximate surface area is 157 Å². The molecule has 7 heteroatoms. The van der Waals surface area contributed by atoms with Gasteiger partial charge in [-0.15, -0.1) is 0 Å². The third-order valence-corrected chi connectivity index (χ3v) is 4.62. The first kappa shape index (κ1) is 18.8. The van der Waals surface area contributed by atoms with Crippen molar-refractivity contribution in [2.75, 3.05) is 40.5 Å². The van der Waals surface area contributed by atoms with Crippen molar-refractivity contribution in [3.05, 3.63) is 45.7 Å². The van der Waals surface area contributed by atoms with Gasteiger partial charge in [-0.1, -0.05) is 18.2 Å². The Hall–Kier alpha value is -2.02. The Bertz CT molecular complexity index is 872. The van der Waals surface area contributed by atoms with Gasteiger partial charge in [-0.2, -0.15) is 0 Å². The molecule has 0 aliphatic carbocycles. The fraction of sp³-hybridized carbons (Fsp3) is 0.421. The number of pyridine rings is 1. The number of fused-ring (bicyclic) bond motifs is 1. The molecule has 1 aromatic heterocycles. The minimum absolute atomic E-state index is 0.0713.